The van der Waals surface area contributed by atoms with Crippen LogP contribution in [-0.4, -0.2) is 105 Å². The first-order valence-electron chi connectivity index (χ1n) is 10.0. The Kier molecular flexibility index (Phi) is 5.95. The number of piperazine rings is 2. The first-order chi connectivity index (χ1) is 13.9. The molecule has 0 spiro atoms. The molecule has 4 rings (SSSR count). The molecule has 1 aromatic rings. The number of fused-ring (bicyclic) bond motifs is 1. The molecule has 29 heavy (non-hydrogen) atoms. The third-order valence-corrected chi connectivity index (χ3v) is 7.70. The first-order valence-corrected chi connectivity index (χ1v) is 11.4. The summed E-state index contributed by atoms with van der Waals surface area (Å²) < 4.78 is 39.9. The Bertz CT molecular complexity index is 846. The number of likely N-dealkylation sites (N-methyl/N-ethyl adjacent to an activating group) is 1. The average Bonchev–Trinajstić information content (AvgIpc) is 2.74. The fourth-order valence-corrected chi connectivity index (χ4v) is 5.41. The van der Waals surface area contributed by atoms with Crippen LogP contribution in [0.4, 0.5) is 0 Å². The molecule has 3 heterocycles. The molecule has 2 fully saturated rings. The van der Waals surface area contributed by atoms with Crippen LogP contribution in [0.5, 0.6) is 11.5 Å². The minimum absolute atomic E-state index is 0.00155. The number of benzene rings is 1. The van der Waals surface area contributed by atoms with Gasteiger partial charge in [0, 0.05) is 52.4 Å². The van der Waals surface area contributed by atoms with Crippen molar-refractivity contribution in [2.45, 2.75) is 6.42 Å². The maximum atomic E-state index is 12.9. The van der Waals surface area contributed by atoms with Gasteiger partial charge in [-0.1, -0.05) is 6.07 Å². The molecule has 3 aliphatic rings. The van der Waals surface area contributed by atoms with E-state index in [0.29, 0.717) is 64.0 Å². The molecular weight excluding hydrogens is 396 g/mol. The van der Waals surface area contributed by atoms with Crippen molar-refractivity contribution in [1.29, 1.82) is 0 Å². The van der Waals surface area contributed by atoms with Gasteiger partial charge in [-0.05, 0) is 24.7 Å². The lowest BCUT2D eigenvalue weighted by Gasteiger charge is -2.39. The largest absolute Gasteiger partial charge is 0.486 e. The topological polar surface area (TPSA) is 82.6 Å². The normalized spacial score (nSPS) is 21.9. The highest BCUT2D eigenvalue weighted by atomic mass is 32.2. The lowest BCUT2D eigenvalue weighted by atomic mass is 10.1. The van der Waals surface area contributed by atoms with Crippen molar-refractivity contribution in [3.63, 3.8) is 0 Å². The number of rotatable bonds is 4. The van der Waals surface area contributed by atoms with E-state index in [-0.39, 0.29) is 12.3 Å². The molecule has 0 bridgehead atoms. The van der Waals surface area contributed by atoms with Gasteiger partial charge in [0.1, 0.15) is 13.2 Å². The van der Waals surface area contributed by atoms with Crippen molar-refractivity contribution >= 4 is 16.1 Å². The van der Waals surface area contributed by atoms with Gasteiger partial charge in [-0.2, -0.15) is 17.0 Å². The Balaban J connectivity index is 1.31. The van der Waals surface area contributed by atoms with E-state index in [9.17, 15) is 13.2 Å². The molecule has 1 aromatic carbocycles. The Morgan fingerprint density at radius 3 is 2.14 bits per heavy atom. The highest BCUT2D eigenvalue weighted by molar-refractivity contribution is 7.86. The van der Waals surface area contributed by atoms with Gasteiger partial charge in [-0.15, -0.1) is 0 Å². The maximum absolute atomic E-state index is 12.9. The number of hydrogen-bond donors (Lipinski definition) is 0. The Morgan fingerprint density at radius 2 is 1.48 bits per heavy atom. The molecule has 0 aromatic heterocycles. The molecule has 10 heteroatoms. The van der Waals surface area contributed by atoms with Gasteiger partial charge in [-0.25, -0.2) is 0 Å². The summed E-state index contributed by atoms with van der Waals surface area (Å²) in [6.07, 6.45) is 0.266. The van der Waals surface area contributed by atoms with Gasteiger partial charge < -0.3 is 19.3 Å². The molecule has 0 unspecified atom stereocenters. The van der Waals surface area contributed by atoms with Crippen LogP contribution >= 0.6 is 0 Å². The average molecular weight is 425 g/mol. The van der Waals surface area contributed by atoms with Crippen molar-refractivity contribution in [1.82, 2.24) is 18.4 Å². The van der Waals surface area contributed by atoms with E-state index in [1.807, 2.05) is 25.2 Å². The second-order valence-electron chi connectivity index (χ2n) is 7.64. The number of nitrogens with zero attached hydrogens (tertiary/aromatic N) is 4. The van der Waals surface area contributed by atoms with Crippen LogP contribution in [0.3, 0.4) is 0 Å². The Labute approximate surface area is 171 Å². The highest BCUT2D eigenvalue weighted by Crippen LogP contribution is 2.31. The van der Waals surface area contributed by atoms with Crippen LogP contribution < -0.4 is 9.47 Å². The summed E-state index contributed by atoms with van der Waals surface area (Å²) in [5.74, 6) is 1.37. The van der Waals surface area contributed by atoms with E-state index >= 15 is 0 Å². The standard InChI is InChI=1S/C19H28N4O5S/c1-20-4-8-22(9-5-20)29(25,26)23-10-6-21(7-11-23)19(24)15-16-2-3-17-18(14-16)28-13-12-27-17/h2-3,14H,4-13,15H2,1H3. The predicted molar refractivity (Wildman–Crippen MR) is 107 cm³/mol. The molecule has 0 atom stereocenters. The number of carbonyl (C=O) groups excluding carboxylic acids is 1. The fourth-order valence-electron chi connectivity index (χ4n) is 3.83. The molecule has 9 nitrogen and oxygen atoms in total. The van der Waals surface area contributed by atoms with Gasteiger partial charge in [0.15, 0.2) is 11.5 Å². The van der Waals surface area contributed by atoms with Gasteiger partial charge in [0.2, 0.25) is 5.91 Å². The molecule has 0 N–H and O–H groups in total. The maximum Gasteiger partial charge on any atom is 0.282 e. The van der Waals surface area contributed by atoms with Crippen molar-refractivity contribution in [3.05, 3.63) is 23.8 Å². The summed E-state index contributed by atoms with van der Waals surface area (Å²) in [4.78, 5) is 16.6. The summed E-state index contributed by atoms with van der Waals surface area (Å²) in [6, 6.07) is 5.55. The minimum atomic E-state index is -3.46. The molecule has 0 saturated carbocycles. The zero-order chi connectivity index (χ0) is 20.4. The summed E-state index contributed by atoms with van der Waals surface area (Å²) in [5, 5.41) is 0. The molecule has 0 radical (unpaired) electrons. The summed E-state index contributed by atoms with van der Waals surface area (Å²) in [5.41, 5.74) is 0.867. The van der Waals surface area contributed by atoms with Gasteiger partial charge >= 0.3 is 0 Å². The highest BCUT2D eigenvalue weighted by Gasteiger charge is 2.34. The summed E-state index contributed by atoms with van der Waals surface area (Å²) >= 11 is 0. The van der Waals surface area contributed by atoms with Crippen LogP contribution in [0, 0.1) is 0 Å². The lowest BCUT2D eigenvalue weighted by molar-refractivity contribution is -0.131. The van der Waals surface area contributed by atoms with Crippen molar-refractivity contribution < 1.29 is 22.7 Å². The minimum Gasteiger partial charge on any atom is -0.486 e. The van der Waals surface area contributed by atoms with Crippen LogP contribution in [0.1, 0.15) is 5.56 Å². The smallest absolute Gasteiger partial charge is 0.282 e. The molecule has 160 valence electrons. The summed E-state index contributed by atoms with van der Waals surface area (Å²) in [7, 11) is -1.46. The van der Waals surface area contributed by atoms with Crippen molar-refractivity contribution in [2.24, 2.45) is 0 Å². The van der Waals surface area contributed by atoms with Crippen LogP contribution in [0.2, 0.25) is 0 Å². The number of amides is 1. The Hall–Kier alpha value is -1.88. The molecule has 1 amide bonds. The lowest BCUT2D eigenvalue weighted by Crippen LogP contribution is -2.57. The predicted octanol–water partition coefficient (Wildman–Crippen LogP) is -0.363. The second-order valence-corrected chi connectivity index (χ2v) is 9.57. The van der Waals surface area contributed by atoms with E-state index in [2.05, 4.69) is 4.90 Å². The van der Waals surface area contributed by atoms with Crippen LogP contribution in [0.25, 0.3) is 0 Å². The van der Waals surface area contributed by atoms with E-state index in [1.165, 1.54) is 4.31 Å². The monoisotopic (exact) mass is 424 g/mol. The Morgan fingerprint density at radius 1 is 0.897 bits per heavy atom. The SMILES string of the molecule is CN1CCN(S(=O)(=O)N2CCN(C(=O)Cc3ccc4c(c3)OCCO4)CC2)CC1. The molecule has 3 aliphatic heterocycles. The second kappa shape index (κ2) is 8.47. The van der Waals surface area contributed by atoms with E-state index in [1.54, 1.807) is 9.21 Å². The van der Waals surface area contributed by atoms with E-state index in [0.717, 1.165) is 18.7 Å². The zero-order valence-electron chi connectivity index (χ0n) is 16.7. The number of carbonyl (C=O) groups is 1. The van der Waals surface area contributed by atoms with Gasteiger partial charge in [0.05, 0.1) is 6.42 Å². The fraction of sp³-hybridized carbons (Fsp3) is 0.632. The first kappa shape index (κ1) is 20.4. The van der Waals surface area contributed by atoms with Gasteiger partial charge in [-0.3, -0.25) is 4.79 Å². The molecule has 2 saturated heterocycles. The third kappa shape index (κ3) is 4.50. The van der Waals surface area contributed by atoms with E-state index in [4.69, 9.17) is 9.47 Å². The number of ether oxygens (including phenoxy) is 2. The van der Waals surface area contributed by atoms with Crippen LogP contribution in [-0.2, 0) is 21.4 Å². The summed E-state index contributed by atoms with van der Waals surface area (Å²) in [6.45, 7) is 5.06. The molecule has 0 aliphatic carbocycles. The van der Waals surface area contributed by atoms with Crippen molar-refractivity contribution in [2.75, 3.05) is 72.6 Å². The number of hydrogen-bond acceptors (Lipinski definition) is 6. The van der Waals surface area contributed by atoms with Crippen molar-refractivity contribution in [3.8, 4) is 11.5 Å². The van der Waals surface area contributed by atoms with Gasteiger partial charge in [0.25, 0.3) is 10.2 Å². The molecular formula is C19H28N4O5S. The van der Waals surface area contributed by atoms with E-state index < -0.39 is 10.2 Å². The quantitative estimate of drug-likeness (QED) is 0.656. The third-order valence-electron chi connectivity index (χ3n) is 5.67. The van der Waals surface area contributed by atoms with Crippen LogP contribution in [0.15, 0.2) is 18.2 Å². The zero-order valence-corrected chi connectivity index (χ0v) is 17.6.